The van der Waals surface area contributed by atoms with Gasteiger partial charge in [0, 0.05) is 38.5 Å². The molecule has 0 saturated heterocycles. The molecule has 0 aliphatic heterocycles. The normalized spacial score (nSPS) is 14.6. The van der Waals surface area contributed by atoms with Crippen LogP contribution in [0, 0.1) is 0 Å². The summed E-state index contributed by atoms with van der Waals surface area (Å²) in [6.45, 7) is 2.39. The maximum Gasteiger partial charge on any atom is 0.143 e. The maximum atomic E-state index is 6.54. The van der Waals surface area contributed by atoms with Gasteiger partial charge in [-0.3, -0.25) is 0 Å². The average Bonchev–Trinajstić information content (AvgIpc) is 3.78. The van der Waals surface area contributed by atoms with Crippen LogP contribution in [0.3, 0.4) is 0 Å². The van der Waals surface area contributed by atoms with E-state index in [2.05, 4.69) is 218 Å². The standard InChI is InChI=1S/C54H37NO/c1-54(40-17-6-3-7-18-40)49-22-12-10-21-45(49)46-32-30-42(35-50(46)54)55(41-28-24-37(25-29-41)36-14-4-2-5-15-36)51-23-13-11-19-43(51)39-27-33-52-48(34-39)47-31-26-38-16-8-9-20-44(38)53(47)56-52/h2-35H,1H3. The molecule has 10 aromatic rings. The van der Waals surface area contributed by atoms with Gasteiger partial charge in [-0.1, -0.05) is 158 Å². The fourth-order valence-electron chi connectivity index (χ4n) is 9.15. The Bertz CT molecular complexity index is 3090. The molecule has 0 bridgehead atoms. The number of nitrogens with zero attached hydrogens (tertiary/aromatic N) is 1. The van der Waals surface area contributed by atoms with E-state index in [4.69, 9.17) is 4.42 Å². The van der Waals surface area contributed by atoms with Gasteiger partial charge in [-0.15, -0.1) is 0 Å². The minimum Gasteiger partial charge on any atom is -0.455 e. The summed E-state index contributed by atoms with van der Waals surface area (Å²) < 4.78 is 6.54. The van der Waals surface area contributed by atoms with Crippen LogP contribution in [0.1, 0.15) is 23.6 Å². The number of para-hydroxylation sites is 1. The van der Waals surface area contributed by atoms with Crippen molar-refractivity contribution >= 4 is 49.8 Å². The molecule has 1 heterocycles. The second-order valence-electron chi connectivity index (χ2n) is 15.0. The van der Waals surface area contributed by atoms with Gasteiger partial charge >= 0.3 is 0 Å². The third kappa shape index (κ3) is 4.96. The first-order chi connectivity index (χ1) is 27.6. The molecule has 1 aliphatic rings. The molecule has 56 heavy (non-hydrogen) atoms. The van der Waals surface area contributed by atoms with Crippen LogP contribution < -0.4 is 4.90 Å². The van der Waals surface area contributed by atoms with Crippen LogP contribution in [-0.4, -0.2) is 0 Å². The molecule has 0 spiro atoms. The van der Waals surface area contributed by atoms with E-state index in [1.165, 1.54) is 44.3 Å². The molecule has 1 aliphatic carbocycles. The Balaban J connectivity index is 1.11. The summed E-state index contributed by atoms with van der Waals surface area (Å²) in [5, 5.41) is 4.56. The fourth-order valence-corrected chi connectivity index (χ4v) is 9.15. The van der Waals surface area contributed by atoms with E-state index in [0.717, 1.165) is 55.5 Å². The molecule has 0 amide bonds. The Hall–Kier alpha value is -7.16. The summed E-state index contributed by atoms with van der Waals surface area (Å²) in [6.07, 6.45) is 0. The monoisotopic (exact) mass is 715 g/mol. The summed E-state index contributed by atoms with van der Waals surface area (Å²) in [7, 11) is 0. The van der Waals surface area contributed by atoms with Crippen LogP contribution in [0.2, 0.25) is 0 Å². The number of hydrogen-bond acceptors (Lipinski definition) is 2. The van der Waals surface area contributed by atoms with Gasteiger partial charge in [-0.25, -0.2) is 0 Å². The summed E-state index contributed by atoms with van der Waals surface area (Å²) in [6, 6.07) is 74.8. The smallest absolute Gasteiger partial charge is 0.143 e. The average molecular weight is 716 g/mol. The molecule has 264 valence electrons. The molecular formula is C54H37NO. The summed E-state index contributed by atoms with van der Waals surface area (Å²) >= 11 is 0. The molecule has 9 aromatic carbocycles. The van der Waals surface area contributed by atoms with Crippen molar-refractivity contribution < 1.29 is 4.42 Å². The van der Waals surface area contributed by atoms with E-state index in [-0.39, 0.29) is 5.41 Å². The molecule has 1 atom stereocenters. The third-order valence-corrected chi connectivity index (χ3v) is 12.0. The molecule has 11 rings (SSSR count). The fraction of sp³-hybridized carbons (Fsp3) is 0.0370. The number of fused-ring (bicyclic) bond motifs is 8. The Morgan fingerprint density at radius 1 is 0.411 bits per heavy atom. The third-order valence-electron chi connectivity index (χ3n) is 12.0. The Kier molecular flexibility index (Phi) is 7.33. The van der Waals surface area contributed by atoms with Crippen LogP contribution in [-0.2, 0) is 5.41 Å². The lowest BCUT2D eigenvalue weighted by Gasteiger charge is -2.31. The first kappa shape index (κ1) is 32.3. The van der Waals surface area contributed by atoms with Crippen molar-refractivity contribution in [1.29, 1.82) is 0 Å². The van der Waals surface area contributed by atoms with Gasteiger partial charge in [0.2, 0.25) is 0 Å². The highest BCUT2D eigenvalue weighted by molar-refractivity contribution is 6.15. The SMILES string of the molecule is CC1(c2ccccc2)c2ccccc2-c2ccc(N(c3ccc(-c4ccccc4)cc3)c3ccccc3-c3ccc4oc5c6ccccc6ccc5c4c3)cc21. The maximum absolute atomic E-state index is 6.54. The first-order valence-electron chi connectivity index (χ1n) is 19.3. The van der Waals surface area contributed by atoms with Crippen LogP contribution in [0.5, 0.6) is 0 Å². The molecular weight excluding hydrogens is 679 g/mol. The lowest BCUT2D eigenvalue weighted by molar-refractivity contribution is 0.672. The minimum absolute atomic E-state index is 0.316. The van der Waals surface area contributed by atoms with Crippen LogP contribution in [0.25, 0.3) is 66.1 Å². The molecule has 0 saturated carbocycles. The molecule has 2 heteroatoms. The Morgan fingerprint density at radius 2 is 1.05 bits per heavy atom. The first-order valence-corrected chi connectivity index (χ1v) is 19.3. The number of furan rings is 1. The van der Waals surface area contributed by atoms with Gasteiger partial charge in [0.15, 0.2) is 0 Å². The highest BCUT2D eigenvalue weighted by Crippen LogP contribution is 2.54. The van der Waals surface area contributed by atoms with Crippen molar-refractivity contribution in [3.63, 3.8) is 0 Å². The van der Waals surface area contributed by atoms with Gasteiger partial charge in [0.25, 0.3) is 0 Å². The molecule has 0 fully saturated rings. The number of benzene rings is 9. The Morgan fingerprint density at radius 3 is 1.89 bits per heavy atom. The Labute approximate surface area is 326 Å². The van der Waals surface area contributed by atoms with Crippen LogP contribution in [0.15, 0.2) is 211 Å². The lowest BCUT2D eigenvalue weighted by atomic mass is 9.74. The van der Waals surface area contributed by atoms with E-state index in [9.17, 15) is 0 Å². The number of anilines is 3. The molecule has 1 aromatic heterocycles. The molecule has 1 unspecified atom stereocenters. The van der Waals surface area contributed by atoms with Crippen molar-refractivity contribution in [2.75, 3.05) is 4.90 Å². The van der Waals surface area contributed by atoms with Crippen molar-refractivity contribution in [2.45, 2.75) is 12.3 Å². The van der Waals surface area contributed by atoms with Crippen LogP contribution in [0.4, 0.5) is 17.1 Å². The molecule has 2 nitrogen and oxygen atoms in total. The van der Waals surface area contributed by atoms with E-state index < -0.39 is 0 Å². The van der Waals surface area contributed by atoms with E-state index in [1.54, 1.807) is 0 Å². The van der Waals surface area contributed by atoms with Gasteiger partial charge in [-0.05, 0) is 105 Å². The summed E-state index contributed by atoms with van der Waals surface area (Å²) in [5.41, 5.74) is 16.0. The number of hydrogen-bond donors (Lipinski definition) is 0. The zero-order valence-electron chi connectivity index (χ0n) is 31.0. The van der Waals surface area contributed by atoms with Crippen molar-refractivity contribution in [1.82, 2.24) is 0 Å². The van der Waals surface area contributed by atoms with Crippen LogP contribution >= 0.6 is 0 Å². The van der Waals surface area contributed by atoms with Gasteiger partial charge in [0.1, 0.15) is 11.2 Å². The second-order valence-corrected chi connectivity index (χ2v) is 15.0. The zero-order valence-corrected chi connectivity index (χ0v) is 31.0. The van der Waals surface area contributed by atoms with E-state index in [1.807, 2.05) is 0 Å². The van der Waals surface area contributed by atoms with Gasteiger partial charge in [0.05, 0.1) is 5.69 Å². The predicted octanol–water partition coefficient (Wildman–Crippen LogP) is 14.9. The van der Waals surface area contributed by atoms with Crippen molar-refractivity contribution in [2.24, 2.45) is 0 Å². The zero-order chi connectivity index (χ0) is 37.2. The lowest BCUT2D eigenvalue weighted by Crippen LogP contribution is -2.22. The van der Waals surface area contributed by atoms with Gasteiger partial charge in [-0.2, -0.15) is 0 Å². The highest BCUT2D eigenvalue weighted by atomic mass is 16.3. The number of rotatable bonds is 6. The van der Waals surface area contributed by atoms with Crippen molar-refractivity contribution in [3.05, 3.63) is 223 Å². The van der Waals surface area contributed by atoms with E-state index >= 15 is 0 Å². The summed E-state index contributed by atoms with van der Waals surface area (Å²) in [4.78, 5) is 2.43. The highest BCUT2D eigenvalue weighted by Gasteiger charge is 2.41. The molecule has 0 radical (unpaired) electrons. The van der Waals surface area contributed by atoms with E-state index in [0.29, 0.717) is 0 Å². The largest absolute Gasteiger partial charge is 0.455 e. The summed E-state index contributed by atoms with van der Waals surface area (Å²) in [5.74, 6) is 0. The quantitative estimate of drug-likeness (QED) is 0.170. The second kappa shape index (κ2) is 12.7. The molecule has 0 N–H and O–H groups in total. The van der Waals surface area contributed by atoms with Crippen molar-refractivity contribution in [3.8, 4) is 33.4 Å². The topological polar surface area (TPSA) is 16.4 Å². The predicted molar refractivity (Wildman–Crippen MR) is 234 cm³/mol. The van der Waals surface area contributed by atoms with Gasteiger partial charge < -0.3 is 9.32 Å². The minimum atomic E-state index is -0.316.